The van der Waals surface area contributed by atoms with Crippen molar-refractivity contribution >= 4 is 17.5 Å². The molecule has 0 aromatic heterocycles. The number of hydrogen-bond donors (Lipinski definition) is 2. The smallest absolute Gasteiger partial charge is 0.238 e. The number of anilines is 1. The second kappa shape index (κ2) is 11.6. The molecule has 0 spiro atoms. The average molecular weight is 423 g/mol. The minimum absolute atomic E-state index is 0.0224. The van der Waals surface area contributed by atoms with Gasteiger partial charge in [0.25, 0.3) is 0 Å². The van der Waals surface area contributed by atoms with E-state index in [2.05, 4.69) is 46.7 Å². The molecule has 1 saturated heterocycles. The van der Waals surface area contributed by atoms with E-state index in [4.69, 9.17) is 0 Å². The molecule has 2 N–H and O–H groups in total. The molecule has 0 aliphatic carbocycles. The number of likely N-dealkylation sites (N-methyl/N-ethyl adjacent to an activating group) is 1. The van der Waals surface area contributed by atoms with Crippen molar-refractivity contribution in [3.8, 4) is 0 Å². The van der Waals surface area contributed by atoms with Crippen LogP contribution in [0.5, 0.6) is 0 Å². The maximum atomic E-state index is 12.4. The van der Waals surface area contributed by atoms with Crippen LogP contribution < -0.4 is 10.6 Å². The first-order valence-corrected chi connectivity index (χ1v) is 11.2. The van der Waals surface area contributed by atoms with Gasteiger partial charge in [-0.15, -0.1) is 0 Å². The van der Waals surface area contributed by atoms with E-state index in [0.29, 0.717) is 0 Å². The van der Waals surface area contributed by atoms with Crippen molar-refractivity contribution in [3.05, 3.63) is 65.7 Å². The van der Waals surface area contributed by atoms with Gasteiger partial charge in [-0.25, -0.2) is 0 Å². The van der Waals surface area contributed by atoms with Crippen molar-refractivity contribution in [1.82, 2.24) is 15.1 Å². The number of aryl methyl sites for hydroxylation is 1. The van der Waals surface area contributed by atoms with E-state index in [1.807, 2.05) is 30.3 Å². The van der Waals surface area contributed by atoms with Crippen molar-refractivity contribution in [1.29, 1.82) is 0 Å². The van der Waals surface area contributed by atoms with Crippen LogP contribution in [0.1, 0.15) is 30.9 Å². The molecular weight excluding hydrogens is 388 g/mol. The number of para-hydroxylation sites is 1. The molecule has 0 saturated carbocycles. The van der Waals surface area contributed by atoms with Crippen LogP contribution in [-0.2, 0) is 22.6 Å². The summed E-state index contributed by atoms with van der Waals surface area (Å²) < 4.78 is 0. The Kier molecular flexibility index (Phi) is 8.62. The van der Waals surface area contributed by atoms with Gasteiger partial charge in [-0.1, -0.05) is 55.5 Å². The number of rotatable bonds is 9. The van der Waals surface area contributed by atoms with Gasteiger partial charge in [-0.3, -0.25) is 19.4 Å². The Labute approximate surface area is 185 Å². The van der Waals surface area contributed by atoms with Crippen LogP contribution in [0, 0.1) is 0 Å². The zero-order chi connectivity index (χ0) is 22.1. The molecule has 1 aliphatic rings. The predicted octanol–water partition coefficient (Wildman–Crippen LogP) is 2.90. The third-order valence-corrected chi connectivity index (χ3v) is 5.70. The van der Waals surface area contributed by atoms with E-state index in [1.54, 1.807) is 11.9 Å². The fourth-order valence-corrected chi connectivity index (χ4v) is 4.04. The van der Waals surface area contributed by atoms with Gasteiger partial charge in [0.1, 0.15) is 0 Å². The molecule has 2 amide bonds. The van der Waals surface area contributed by atoms with E-state index in [9.17, 15) is 9.59 Å². The van der Waals surface area contributed by atoms with Gasteiger partial charge in [0.15, 0.2) is 0 Å². The highest BCUT2D eigenvalue weighted by atomic mass is 16.2. The van der Waals surface area contributed by atoms with Gasteiger partial charge in [0.05, 0.1) is 13.1 Å². The Bertz CT molecular complexity index is 848. The number of amides is 2. The van der Waals surface area contributed by atoms with Crippen molar-refractivity contribution in [2.24, 2.45) is 0 Å². The summed E-state index contributed by atoms with van der Waals surface area (Å²) in [6, 6.07) is 18.5. The summed E-state index contributed by atoms with van der Waals surface area (Å²) in [6.45, 7) is 5.38. The molecule has 0 unspecified atom stereocenters. The molecule has 2 aromatic carbocycles. The summed E-state index contributed by atoms with van der Waals surface area (Å²) in [6.07, 6.45) is 2.77. The van der Waals surface area contributed by atoms with Gasteiger partial charge in [0.2, 0.25) is 11.8 Å². The number of likely N-dealkylation sites (tertiary alicyclic amines) is 1. The molecule has 6 nitrogen and oxygen atoms in total. The molecule has 6 heteroatoms. The number of nitrogens with one attached hydrogen (secondary N) is 2. The van der Waals surface area contributed by atoms with E-state index in [0.717, 1.165) is 50.1 Å². The Morgan fingerprint density at radius 1 is 0.968 bits per heavy atom. The number of carbonyl (C=O) groups is 2. The van der Waals surface area contributed by atoms with Crippen molar-refractivity contribution < 1.29 is 9.59 Å². The SMILES string of the molecule is CCc1ccccc1NC(=O)CN(C)CC(=O)NC1CCN(Cc2ccccc2)CC1. The van der Waals surface area contributed by atoms with Crippen LogP contribution >= 0.6 is 0 Å². The molecule has 1 aliphatic heterocycles. The summed E-state index contributed by atoms with van der Waals surface area (Å²) in [5, 5.41) is 6.09. The Hall–Kier alpha value is -2.70. The number of piperidine rings is 1. The molecule has 2 aromatic rings. The zero-order valence-electron chi connectivity index (χ0n) is 18.6. The highest BCUT2D eigenvalue weighted by Crippen LogP contribution is 2.16. The van der Waals surface area contributed by atoms with E-state index in [-0.39, 0.29) is 30.9 Å². The lowest BCUT2D eigenvalue weighted by atomic mass is 10.0. The lowest BCUT2D eigenvalue weighted by Gasteiger charge is -2.32. The second-order valence-electron chi connectivity index (χ2n) is 8.33. The van der Waals surface area contributed by atoms with Gasteiger partial charge in [-0.05, 0) is 43.5 Å². The molecule has 0 radical (unpaired) electrons. The lowest BCUT2D eigenvalue weighted by molar-refractivity contribution is -0.123. The Morgan fingerprint density at radius 2 is 1.61 bits per heavy atom. The van der Waals surface area contributed by atoms with Gasteiger partial charge in [-0.2, -0.15) is 0 Å². The third-order valence-electron chi connectivity index (χ3n) is 5.70. The fourth-order valence-electron chi connectivity index (χ4n) is 4.04. The zero-order valence-corrected chi connectivity index (χ0v) is 18.6. The van der Waals surface area contributed by atoms with Gasteiger partial charge in [0, 0.05) is 31.4 Å². The maximum Gasteiger partial charge on any atom is 0.238 e. The summed E-state index contributed by atoms with van der Waals surface area (Å²) in [5.74, 6) is -0.129. The van der Waals surface area contributed by atoms with Crippen LogP contribution in [0.3, 0.4) is 0 Å². The van der Waals surface area contributed by atoms with E-state index in [1.165, 1.54) is 5.56 Å². The number of hydrogen-bond acceptors (Lipinski definition) is 4. The first-order chi connectivity index (χ1) is 15.0. The monoisotopic (exact) mass is 422 g/mol. The number of benzene rings is 2. The first kappa shape index (κ1) is 23.0. The van der Waals surface area contributed by atoms with Crippen LogP contribution in [-0.4, -0.2) is 60.9 Å². The topological polar surface area (TPSA) is 64.7 Å². The maximum absolute atomic E-state index is 12.4. The molecule has 1 fully saturated rings. The quantitative estimate of drug-likeness (QED) is 0.652. The van der Waals surface area contributed by atoms with E-state index >= 15 is 0 Å². The fraction of sp³-hybridized carbons (Fsp3) is 0.440. The standard InChI is InChI=1S/C25H34N4O2/c1-3-21-11-7-8-12-23(21)27-25(31)19-28(2)18-24(30)26-22-13-15-29(16-14-22)17-20-9-5-4-6-10-20/h4-12,22H,3,13-19H2,1-2H3,(H,26,30)(H,27,31). The normalized spacial score (nSPS) is 15.1. The molecule has 3 rings (SSSR count). The van der Waals surface area contributed by atoms with Crippen molar-refractivity contribution in [2.45, 2.75) is 38.8 Å². The number of carbonyl (C=O) groups excluding carboxylic acids is 2. The minimum atomic E-state index is -0.106. The van der Waals surface area contributed by atoms with Crippen molar-refractivity contribution in [2.75, 3.05) is 38.5 Å². The number of nitrogens with zero attached hydrogens (tertiary/aromatic N) is 2. The first-order valence-electron chi connectivity index (χ1n) is 11.2. The average Bonchev–Trinajstić information content (AvgIpc) is 2.76. The van der Waals surface area contributed by atoms with Crippen LogP contribution in [0.25, 0.3) is 0 Å². The summed E-state index contributed by atoms with van der Waals surface area (Å²) in [5.41, 5.74) is 3.27. The highest BCUT2D eigenvalue weighted by Gasteiger charge is 2.21. The van der Waals surface area contributed by atoms with Gasteiger partial charge >= 0.3 is 0 Å². The molecule has 1 heterocycles. The Balaban J connectivity index is 1.36. The third kappa shape index (κ3) is 7.49. The van der Waals surface area contributed by atoms with Crippen LogP contribution in [0.15, 0.2) is 54.6 Å². The molecular formula is C25H34N4O2. The Morgan fingerprint density at radius 3 is 2.32 bits per heavy atom. The second-order valence-corrected chi connectivity index (χ2v) is 8.33. The predicted molar refractivity (Wildman–Crippen MR) is 125 cm³/mol. The summed E-state index contributed by atoms with van der Waals surface area (Å²) >= 11 is 0. The summed E-state index contributed by atoms with van der Waals surface area (Å²) in [4.78, 5) is 29.0. The van der Waals surface area contributed by atoms with E-state index < -0.39 is 0 Å². The summed E-state index contributed by atoms with van der Waals surface area (Å²) in [7, 11) is 1.80. The molecule has 0 bridgehead atoms. The minimum Gasteiger partial charge on any atom is -0.352 e. The largest absolute Gasteiger partial charge is 0.352 e. The van der Waals surface area contributed by atoms with Gasteiger partial charge < -0.3 is 10.6 Å². The lowest BCUT2D eigenvalue weighted by Crippen LogP contribution is -2.47. The molecule has 0 atom stereocenters. The van der Waals surface area contributed by atoms with Crippen molar-refractivity contribution in [3.63, 3.8) is 0 Å². The highest BCUT2D eigenvalue weighted by molar-refractivity contribution is 5.93. The van der Waals surface area contributed by atoms with Crippen LogP contribution in [0.2, 0.25) is 0 Å². The molecule has 166 valence electrons. The molecule has 31 heavy (non-hydrogen) atoms. The van der Waals surface area contributed by atoms with Crippen LogP contribution in [0.4, 0.5) is 5.69 Å².